The van der Waals surface area contributed by atoms with Gasteiger partial charge in [0.15, 0.2) is 5.69 Å². The smallest absolute Gasteiger partial charge is 0.275 e. The standard InChI is InChI=1S/C22H23ClN4O2S/c1-15-13-19(28)21(25-27(15)17-8-6-16(23)7-9-17)22(29)24-14-18(20-5-4-12-30-20)26-10-2-3-11-26/h4-9,12-13,18H,2-3,10-11,14H2,1H3,(H,24,29)/t18-/m1/s1. The maximum absolute atomic E-state index is 12.9. The van der Waals surface area contributed by atoms with E-state index in [9.17, 15) is 9.59 Å². The highest BCUT2D eigenvalue weighted by atomic mass is 35.5. The Morgan fingerprint density at radius 3 is 2.63 bits per heavy atom. The summed E-state index contributed by atoms with van der Waals surface area (Å²) in [7, 11) is 0. The zero-order valence-corrected chi connectivity index (χ0v) is 18.2. The number of rotatable bonds is 6. The molecule has 0 unspecified atom stereocenters. The molecule has 0 aliphatic carbocycles. The summed E-state index contributed by atoms with van der Waals surface area (Å²) in [5.41, 5.74) is 0.887. The lowest BCUT2D eigenvalue weighted by Crippen LogP contribution is -2.38. The van der Waals surface area contributed by atoms with Crippen molar-refractivity contribution >= 4 is 28.8 Å². The van der Waals surface area contributed by atoms with Crippen LogP contribution in [0.25, 0.3) is 5.69 Å². The highest BCUT2D eigenvalue weighted by molar-refractivity contribution is 7.10. The number of carbonyl (C=O) groups is 1. The highest BCUT2D eigenvalue weighted by Crippen LogP contribution is 2.27. The molecule has 8 heteroatoms. The number of nitrogens with zero attached hydrogens (tertiary/aromatic N) is 3. The van der Waals surface area contributed by atoms with Gasteiger partial charge in [0.2, 0.25) is 5.43 Å². The number of nitrogens with one attached hydrogen (secondary N) is 1. The van der Waals surface area contributed by atoms with Crippen LogP contribution in [0.1, 0.15) is 39.9 Å². The van der Waals surface area contributed by atoms with Gasteiger partial charge in [0, 0.05) is 28.2 Å². The molecule has 3 heterocycles. The summed E-state index contributed by atoms with van der Waals surface area (Å²) < 4.78 is 1.59. The molecule has 1 N–H and O–H groups in total. The predicted octanol–water partition coefficient (Wildman–Crippen LogP) is 3.82. The largest absolute Gasteiger partial charge is 0.349 e. The molecule has 1 fully saturated rings. The van der Waals surface area contributed by atoms with Gasteiger partial charge in [-0.25, -0.2) is 4.68 Å². The first-order chi connectivity index (χ1) is 14.5. The lowest BCUT2D eigenvalue weighted by molar-refractivity contribution is 0.0930. The summed E-state index contributed by atoms with van der Waals surface area (Å²) in [6.45, 7) is 4.26. The average molecular weight is 443 g/mol. The van der Waals surface area contributed by atoms with Gasteiger partial charge >= 0.3 is 0 Å². The van der Waals surface area contributed by atoms with Gasteiger partial charge in [-0.05, 0) is 68.6 Å². The summed E-state index contributed by atoms with van der Waals surface area (Å²) in [4.78, 5) is 29.0. The van der Waals surface area contributed by atoms with Crippen LogP contribution in [-0.4, -0.2) is 40.2 Å². The Kier molecular flexibility index (Phi) is 6.32. The molecular formula is C22H23ClN4O2S. The van der Waals surface area contributed by atoms with E-state index in [1.807, 2.05) is 11.4 Å². The number of carbonyl (C=O) groups excluding carboxylic acids is 1. The van der Waals surface area contributed by atoms with Crippen LogP contribution >= 0.6 is 22.9 Å². The Bertz CT molecular complexity index is 1070. The van der Waals surface area contributed by atoms with E-state index in [4.69, 9.17) is 11.6 Å². The SMILES string of the molecule is Cc1cc(=O)c(C(=O)NC[C@H](c2cccs2)N2CCCC2)nn1-c1ccc(Cl)cc1. The topological polar surface area (TPSA) is 67.2 Å². The van der Waals surface area contributed by atoms with Crippen molar-refractivity contribution in [3.8, 4) is 5.69 Å². The number of aryl methyl sites for hydroxylation is 1. The minimum absolute atomic E-state index is 0.109. The number of thiophene rings is 1. The lowest BCUT2D eigenvalue weighted by atomic mass is 10.2. The number of aromatic nitrogens is 2. The molecule has 0 spiro atoms. The van der Waals surface area contributed by atoms with Crippen molar-refractivity contribution < 1.29 is 4.79 Å². The molecule has 0 saturated carbocycles. The van der Waals surface area contributed by atoms with Crippen molar-refractivity contribution in [3.63, 3.8) is 0 Å². The molecule has 1 aromatic carbocycles. The minimum atomic E-state index is -0.455. The van der Waals surface area contributed by atoms with Crippen LogP contribution in [0.4, 0.5) is 0 Å². The normalized spacial score (nSPS) is 15.3. The quantitative estimate of drug-likeness (QED) is 0.630. The molecule has 1 atom stereocenters. The van der Waals surface area contributed by atoms with E-state index in [1.165, 1.54) is 23.8 Å². The first kappa shape index (κ1) is 20.8. The first-order valence-corrected chi connectivity index (χ1v) is 11.2. The van der Waals surface area contributed by atoms with E-state index >= 15 is 0 Å². The van der Waals surface area contributed by atoms with Crippen LogP contribution in [0.15, 0.2) is 52.6 Å². The third-order valence-electron chi connectivity index (χ3n) is 5.30. The maximum Gasteiger partial charge on any atom is 0.275 e. The third-order valence-corrected chi connectivity index (χ3v) is 6.53. The van der Waals surface area contributed by atoms with Crippen LogP contribution in [0, 0.1) is 6.92 Å². The van der Waals surface area contributed by atoms with Crippen LogP contribution in [0.3, 0.4) is 0 Å². The van der Waals surface area contributed by atoms with Crippen molar-refractivity contribution in [2.75, 3.05) is 19.6 Å². The average Bonchev–Trinajstić information content (AvgIpc) is 3.44. The van der Waals surface area contributed by atoms with Gasteiger partial charge < -0.3 is 5.32 Å². The summed E-state index contributed by atoms with van der Waals surface area (Å²) in [5, 5.41) is 9.95. The van der Waals surface area contributed by atoms with E-state index in [-0.39, 0.29) is 17.2 Å². The van der Waals surface area contributed by atoms with Gasteiger partial charge in [-0.2, -0.15) is 5.10 Å². The van der Waals surface area contributed by atoms with Crippen LogP contribution in [0.2, 0.25) is 5.02 Å². The van der Waals surface area contributed by atoms with Crippen molar-refractivity contribution in [2.24, 2.45) is 0 Å². The molecular weight excluding hydrogens is 420 g/mol. The number of halogens is 1. The molecule has 30 heavy (non-hydrogen) atoms. The molecule has 156 valence electrons. The Morgan fingerprint density at radius 2 is 1.97 bits per heavy atom. The second-order valence-electron chi connectivity index (χ2n) is 7.37. The van der Waals surface area contributed by atoms with Crippen molar-refractivity contribution in [1.82, 2.24) is 20.0 Å². The fourth-order valence-corrected chi connectivity index (χ4v) is 4.75. The zero-order chi connectivity index (χ0) is 21.1. The second kappa shape index (κ2) is 9.12. The van der Waals surface area contributed by atoms with Crippen LogP contribution in [0.5, 0.6) is 0 Å². The van der Waals surface area contributed by atoms with Gasteiger partial charge in [-0.15, -0.1) is 11.3 Å². The molecule has 0 radical (unpaired) electrons. The van der Waals surface area contributed by atoms with Gasteiger partial charge in [-0.1, -0.05) is 17.7 Å². The van der Waals surface area contributed by atoms with Gasteiger partial charge in [0.05, 0.1) is 11.7 Å². The van der Waals surface area contributed by atoms with Crippen LogP contribution < -0.4 is 10.7 Å². The number of amides is 1. The van der Waals surface area contributed by atoms with Crippen LogP contribution in [-0.2, 0) is 0 Å². The molecule has 1 aliphatic rings. The maximum atomic E-state index is 12.9. The Morgan fingerprint density at radius 1 is 1.23 bits per heavy atom. The molecule has 6 nitrogen and oxygen atoms in total. The fraction of sp³-hybridized carbons (Fsp3) is 0.318. The molecule has 1 saturated heterocycles. The lowest BCUT2D eigenvalue weighted by Gasteiger charge is -2.26. The van der Waals surface area contributed by atoms with E-state index < -0.39 is 5.91 Å². The van der Waals surface area contributed by atoms with Crippen molar-refractivity contribution in [1.29, 1.82) is 0 Å². The highest BCUT2D eigenvalue weighted by Gasteiger charge is 2.25. The molecule has 4 rings (SSSR count). The second-order valence-corrected chi connectivity index (χ2v) is 8.79. The molecule has 3 aromatic rings. The van der Waals surface area contributed by atoms with Gasteiger partial charge in [0.1, 0.15) is 0 Å². The third kappa shape index (κ3) is 4.48. The van der Waals surface area contributed by atoms with Gasteiger partial charge in [-0.3, -0.25) is 14.5 Å². The molecule has 1 amide bonds. The molecule has 0 bridgehead atoms. The summed E-state index contributed by atoms with van der Waals surface area (Å²) >= 11 is 7.65. The van der Waals surface area contributed by atoms with Crippen molar-refractivity contribution in [2.45, 2.75) is 25.8 Å². The number of hydrogen-bond donors (Lipinski definition) is 1. The van der Waals surface area contributed by atoms with E-state index in [2.05, 4.69) is 21.4 Å². The summed E-state index contributed by atoms with van der Waals surface area (Å²) in [5.74, 6) is -0.455. The van der Waals surface area contributed by atoms with Gasteiger partial charge in [0.25, 0.3) is 5.91 Å². The fourth-order valence-electron chi connectivity index (χ4n) is 3.77. The monoisotopic (exact) mass is 442 g/mol. The summed E-state index contributed by atoms with van der Waals surface area (Å²) in [6, 6.07) is 12.8. The molecule has 2 aromatic heterocycles. The number of likely N-dealkylation sites (tertiary alicyclic amines) is 1. The Balaban J connectivity index is 1.56. The Labute approximate surface area is 184 Å². The number of benzene rings is 1. The predicted molar refractivity (Wildman–Crippen MR) is 120 cm³/mol. The Hall–Kier alpha value is -2.48. The van der Waals surface area contributed by atoms with E-state index in [1.54, 1.807) is 47.2 Å². The first-order valence-electron chi connectivity index (χ1n) is 9.95. The van der Waals surface area contributed by atoms with E-state index in [0.717, 1.165) is 18.8 Å². The van der Waals surface area contributed by atoms with Crippen molar-refractivity contribution in [3.05, 3.63) is 79.4 Å². The number of hydrogen-bond acceptors (Lipinski definition) is 5. The minimum Gasteiger partial charge on any atom is -0.349 e. The van der Waals surface area contributed by atoms with E-state index in [0.29, 0.717) is 17.3 Å². The zero-order valence-electron chi connectivity index (χ0n) is 16.7. The molecule has 1 aliphatic heterocycles. The summed E-state index contributed by atoms with van der Waals surface area (Å²) in [6.07, 6.45) is 2.34.